The van der Waals surface area contributed by atoms with Gasteiger partial charge in [0.05, 0.1) is 9.77 Å². The van der Waals surface area contributed by atoms with Crippen molar-refractivity contribution < 1.29 is 18.0 Å². The molecule has 0 unspecified atom stereocenters. The Morgan fingerprint density at radius 1 is 1.16 bits per heavy atom. The number of anilines is 1. The summed E-state index contributed by atoms with van der Waals surface area (Å²) in [7, 11) is -3.62. The fraction of sp³-hybridized carbons (Fsp3) is 0.478. The Balaban J connectivity index is 1.71. The van der Waals surface area contributed by atoms with Crippen molar-refractivity contribution in [3.8, 4) is 0 Å². The number of hydrogen-bond acceptors (Lipinski definition) is 5. The summed E-state index contributed by atoms with van der Waals surface area (Å²) in [4.78, 5) is 28.2. The number of amides is 2. The predicted molar refractivity (Wildman–Crippen MR) is 128 cm³/mol. The van der Waals surface area contributed by atoms with Crippen molar-refractivity contribution in [2.75, 3.05) is 31.5 Å². The van der Waals surface area contributed by atoms with Gasteiger partial charge in [0, 0.05) is 37.8 Å². The predicted octanol–water partition coefficient (Wildman–Crippen LogP) is 3.89. The van der Waals surface area contributed by atoms with E-state index in [9.17, 15) is 18.0 Å². The molecule has 2 amide bonds. The van der Waals surface area contributed by atoms with Crippen molar-refractivity contribution in [2.24, 2.45) is 5.92 Å². The summed E-state index contributed by atoms with van der Waals surface area (Å²) in [5.74, 6) is -0.335. The van der Waals surface area contributed by atoms with Crippen molar-refractivity contribution in [1.82, 2.24) is 9.21 Å². The van der Waals surface area contributed by atoms with E-state index in [1.807, 2.05) is 31.4 Å². The van der Waals surface area contributed by atoms with Crippen LogP contribution in [0, 0.1) is 19.8 Å². The van der Waals surface area contributed by atoms with Crippen LogP contribution in [-0.4, -0.2) is 55.6 Å². The molecule has 0 spiro atoms. The molecule has 7 nitrogen and oxygen atoms in total. The summed E-state index contributed by atoms with van der Waals surface area (Å²) < 4.78 is 27.3. The van der Waals surface area contributed by atoms with E-state index in [0.29, 0.717) is 49.6 Å². The smallest absolute Gasteiger partial charge is 0.263 e. The molecule has 174 valence electrons. The third-order valence-corrected chi connectivity index (χ3v) is 9.01. The van der Waals surface area contributed by atoms with Gasteiger partial charge >= 0.3 is 0 Å². The lowest BCUT2D eigenvalue weighted by atomic mass is 9.95. The Kier molecular flexibility index (Phi) is 7.74. The van der Waals surface area contributed by atoms with Crippen LogP contribution in [0.15, 0.2) is 34.5 Å². The normalized spacial score (nSPS) is 15.2. The van der Waals surface area contributed by atoms with Gasteiger partial charge in [0.2, 0.25) is 15.9 Å². The van der Waals surface area contributed by atoms with Gasteiger partial charge in [-0.3, -0.25) is 9.59 Å². The van der Waals surface area contributed by atoms with Crippen LogP contribution in [0.4, 0.5) is 5.69 Å². The first-order valence-electron chi connectivity index (χ1n) is 10.9. The highest BCUT2D eigenvalue weighted by molar-refractivity contribution is 7.89. The molecule has 0 bridgehead atoms. The van der Waals surface area contributed by atoms with Gasteiger partial charge in [-0.1, -0.05) is 19.9 Å². The van der Waals surface area contributed by atoms with Crippen molar-refractivity contribution >= 4 is 38.9 Å². The number of nitrogens with zero attached hydrogens (tertiary/aromatic N) is 2. The lowest BCUT2D eigenvalue weighted by Gasteiger charge is -2.31. The van der Waals surface area contributed by atoms with E-state index < -0.39 is 10.0 Å². The maximum Gasteiger partial charge on any atom is 0.263 e. The van der Waals surface area contributed by atoms with E-state index in [0.717, 1.165) is 11.1 Å². The van der Waals surface area contributed by atoms with Crippen LogP contribution >= 0.6 is 11.3 Å². The largest absolute Gasteiger partial charge is 0.338 e. The van der Waals surface area contributed by atoms with Gasteiger partial charge in [-0.2, -0.15) is 4.31 Å². The standard InChI is InChI=1S/C23H31N3O4S2/c1-5-26(6-2)32(29,30)19-14-16(3)17(4)20(15-19)24-22(27)18-9-11-25(12-10-18)23(28)21-8-7-13-31-21/h7-8,13-15,18H,5-6,9-12H2,1-4H3,(H,24,27). The summed E-state index contributed by atoms with van der Waals surface area (Å²) in [6.07, 6.45) is 1.16. The quantitative estimate of drug-likeness (QED) is 0.656. The highest BCUT2D eigenvalue weighted by Crippen LogP contribution is 2.28. The average molecular weight is 478 g/mol. The second-order valence-electron chi connectivity index (χ2n) is 8.04. The third kappa shape index (κ3) is 5.05. The Labute approximate surface area is 194 Å². The number of likely N-dealkylation sites (tertiary alicyclic amines) is 1. The molecule has 0 aliphatic carbocycles. The maximum atomic E-state index is 13.0. The van der Waals surface area contributed by atoms with Gasteiger partial charge in [-0.25, -0.2) is 8.42 Å². The molecule has 1 aliphatic rings. The number of carbonyl (C=O) groups is 2. The first kappa shape index (κ1) is 24.4. The minimum atomic E-state index is -3.62. The molecule has 1 aromatic heterocycles. The molecule has 0 radical (unpaired) electrons. The van der Waals surface area contributed by atoms with E-state index in [1.54, 1.807) is 30.9 Å². The Morgan fingerprint density at radius 2 is 1.81 bits per heavy atom. The first-order chi connectivity index (χ1) is 15.2. The maximum absolute atomic E-state index is 13.0. The Bertz CT molecular complexity index is 1070. The molecule has 0 atom stereocenters. The van der Waals surface area contributed by atoms with Crippen molar-refractivity contribution in [3.63, 3.8) is 0 Å². The van der Waals surface area contributed by atoms with Gasteiger partial charge in [0.1, 0.15) is 0 Å². The van der Waals surface area contributed by atoms with Crippen LogP contribution in [0.3, 0.4) is 0 Å². The molecule has 0 saturated carbocycles. The average Bonchev–Trinajstić information content (AvgIpc) is 3.32. The second-order valence-corrected chi connectivity index (χ2v) is 10.9. The van der Waals surface area contributed by atoms with Gasteiger partial charge in [0.15, 0.2) is 0 Å². The fourth-order valence-electron chi connectivity index (χ4n) is 3.95. The molecule has 9 heteroatoms. The number of carbonyl (C=O) groups excluding carboxylic acids is 2. The van der Waals surface area contributed by atoms with Crippen LogP contribution in [0.5, 0.6) is 0 Å². The van der Waals surface area contributed by atoms with Crippen LogP contribution < -0.4 is 5.32 Å². The summed E-state index contributed by atoms with van der Waals surface area (Å²) in [5.41, 5.74) is 2.19. The summed E-state index contributed by atoms with van der Waals surface area (Å²) in [5, 5.41) is 4.84. The monoisotopic (exact) mass is 477 g/mol. The number of piperidine rings is 1. The van der Waals surface area contributed by atoms with E-state index in [2.05, 4.69) is 5.32 Å². The number of hydrogen-bond donors (Lipinski definition) is 1. The van der Waals surface area contributed by atoms with Gasteiger partial charge in [-0.05, 0) is 61.4 Å². The molecule has 1 saturated heterocycles. The zero-order valence-electron chi connectivity index (χ0n) is 19.1. The molecule has 1 N–H and O–H groups in total. The zero-order valence-corrected chi connectivity index (χ0v) is 20.7. The lowest BCUT2D eigenvalue weighted by Crippen LogP contribution is -2.41. The molecular weight excluding hydrogens is 446 g/mol. The molecule has 1 fully saturated rings. The Morgan fingerprint density at radius 3 is 2.38 bits per heavy atom. The molecule has 2 heterocycles. The summed E-state index contributed by atoms with van der Waals surface area (Å²) >= 11 is 1.42. The van der Waals surface area contributed by atoms with E-state index in [4.69, 9.17) is 0 Å². The summed E-state index contributed by atoms with van der Waals surface area (Å²) in [6, 6.07) is 6.89. The minimum absolute atomic E-state index is 0.0136. The minimum Gasteiger partial charge on any atom is -0.338 e. The van der Waals surface area contributed by atoms with Crippen molar-refractivity contribution in [1.29, 1.82) is 0 Å². The first-order valence-corrected chi connectivity index (χ1v) is 13.3. The number of rotatable bonds is 7. The van der Waals surface area contributed by atoms with Crippen LogP contribution in [-0.2, 0) is 14.8 Å². The zero-order chi connectivity index (χ0) is 23.5. The van der Waals surface area contributed by atoms with Crippen molar-refractivity contribution in [3.05, 3.63) is 45.6 Å². The molecule has 1 aliphatic heterocycles. The number of sulfonamides is 1. The van der Waals surface area contributed by atoms with E-state index >= 15 is 0 Å². The van der Waals surface area contributed by atoms with E-state index in [1.165, 1.54) is 15.6 Å². The fourth-order valence-corrected chi connectivity index (χ4v) is 6.21. The number of aryl methyl sites for hydroxylation is 1. The molecule has 2 aromatic rings. The van der Waals surface area contributed by atoms with Crippen LogP contribution in [0.1, 0.15) is 47.5 Å². The SMILES string of the molecule is CCN(CC)S(=O)(=O)c1cc(C)c(C)c(NC(=O)C2CCN(C(=O)c3cccs3)CC2)c1. The highest BCUT2D eigenvalue weighted by atomic mass is 32.2. The number of benzene rings is 1. The second kappa shape index (κ2) is 10.1. The highest BCUT2D eigenvalue weighted by Gasteiger charge is 2.29. The van der Waals surface area contributed by atoms with Gasteiger partial charge in [0.25, 0.3) is 5.91 Å². The molecule has 1 aromatic carbocycles. The van der Waals surface area contributed by atoms with Gasteiger partial charge < -0.3 is 10.2 Å². The number of nitrogens with one attached hydrogen (secondary N) is 1. The van der Waals surface area contributed by atoms with Crippen LogP contribution in [0.25, 0.3) is 0 Å². The third-order valence-electron chi connectivity index (χ3n) is 6.13. The van der Waals surface area contributed by atoms with E-state index in [-0.39, 0.29) is 22.6 Å². The van der Waals surface area contributed by atoms with Gasteiger partial charge in [-0.15, -0.1) is 11.3 Å². The van der Waals surface area contributed by atoms with Crippen LogP contribution in [0.2, 0.25) is 0 Å². The molecule has 32 heavy (non-hydrogen) atoms. The van der Waals surface area contributed by atoms with Crippen molar-refractivity contribution in [2.45, 2.75) is 45.4 Å². The molecular formula is C23H31N3O4S2. The Hall–Kier alpha value is -2.23. The lowest BCUT2D eigenvalue weighted by molar-refractivity contribution is -0.121. The number of thiophene rings is 1. The summed E-state index contributed by atoms with van der Waals surface area (Å²) in [6.45, 7) is 9.17. The molecule has 3 rings (SSSR count). The topological polar surface area (TPSA) is 86.8 Å².